The molecule has 2 unspecified atom stereocenters. The van der Waals surface area contributed by atoms with Crippen LogP contribution in [0.15, 0.2) is 18.2 Å². The lowest BCUT2D eigenvalue weighted by Gasteiger charge is -2.17. The number of carboxylic acids is 1. The molecule has 1 rings (SSSR count). The number of carboxylic acid groups (broad SMARTS) is 1. The zero-order valence-corrected chi connectivity index (χ0v) is 13.3. The van der Waals surface area contributed by atoms with Crippen LogP contribution in [0.4, 0.5) is 0 Å². The van der Waals surface area contributed by atoms with E-state index in [1.807, 2.05) is 19.9 Å². The summed E-state index contributed by atoms with van der Waals surface area (Å²) in [6.07, 6.45) is 0. The second-order valence-electron chi connectivity index (χ2n) is 5.46. The van der Waals surface area contributed by atoms with Crippen molar-refractivity contribution in [2.75, 3.05) is 6.54 Å². The molecule has 22 heavy (non-hydrogen) atoms. The topological polar surface area (TPSA) is 95.5 Å². The number of amides is 2. The van der Waals surface area contributed by atoms with Gasteiger partial charge in [-0.2, -0.15) is 0 Å². The number of aryl methyl sites for hydroxylation is 2. The number of hydrogen-bond donors (Lipinski definition) is 3. The Balaban J connectivity index is 2.51. The fourth-order valence-electron chi connectivity index (χ4n) is 1.79. The Morgan fingerprint density at radius 3 is 2.32 bits per heavy atom. The third kappa shape index (κ3) is 4.87. The molecule has 3 N–H and O–H groups in total. The lowest BCUT2D eigenvalue weighted by molar-refractivity contribution is -0.142. The standard InChI is InChI=1S/C16H22N2O4/c1-9-5-6-13(7-10(9)2)15(20)17-8-14(19)18-12(4)11(3)16(21)22/h5-7,11-12H,8H2,1-4H3,(H,17,20)(H,18,19)(H,21,22). The molecule has 0 aromatic heterocycles. The molecule has 0 radical (unpaired) electrons. The Labute approximate surface area is 129 Å². The summed E-state index contributed by atoms with van der Waals surface area (Å²) < 4.78 is 0. The van der Waals surface area contributed by atoms with Crippen molar-refractivity contribution in [1.82, 2.24) is 10.6 Å². The Hall–Kier alpha value is -2.37. The SMILES string of the molecule is Cc1ccc(C(=O)NCC(=O)NC(C)C(C)C(=O)O)cc1C. The first-order valence-corrected chi connectivity index (χ1v) is 7.10. The molecule has 2 amide bonds. The van der Waals surface area contributed by atoms with Gasteiger partial charge in [0, 0.05) is 11.6 Å². The van der Waals surface area contributed by atoms with E-state index >= 15 is 0 Å². The van der Waals surface area contributed by atoms with Crippen molar-refractivity contribution in [3.8, 4) is 0 Å². The van der Waals surface area contributed by atoms with Crippen LogP contribution in [-0.2, 0) is 9.59 Å². The van der Waals surface area contributed by atoms with Gasteiger partial charge in [-0.25, -0.2) is 0 Å². The first-order chi connectivity index (χ1) is 10.2. The van der Waals surface area contributed by atoms with Crippen molar-refractivity contribution in [1.29, 1.82) is 0 Å². The molecular formula is C16H22N2O4. The van der Waals surface area contributed by atoms with Crippen LogP contribution < -0.4 is 10.6 Å². The van der Waals surface area contributed by atoms with E-state index < -0.39 is 23.8 Å². The van der Waals surface area contributed by atoms with Crippen LogP contribution >= 0.6 is 0 Å². The van der Waals surface area contributed by atoms with E-state index in [9.17, 15) is 14.4 Å². The molecule has 0 bridgehead atoms. The monoisotopic (exact) mass is 306 g/mol. The van der Waals surface area contributed by atoms with Gasteiger partial charge in [-0.3, -0.25) is 14.4 Å². The van der Waals surface area contributed by atoms with Crippen LogP contribution in [0.3, 0.4) is 0 Å². The number of rotatable bonds is 6. The van der Waals surface area contributed by atoms with E-state index in [2.05, 4.69) is 10.6 Å². The zero-order valence-electron chi connectivity index (χ0n) is 13.3. The number of aliphatic carboxylic acids is 1. The molecule has 1 aromatic carbocycles. The van der Waals surface area contributed by atoms with Crippen molar-refractivity contribution < 1.29 is 19.5 Å². The van der Waals surface area contributed by atoms with Crippen molar-refractivity contribution in [2.24, 2.45) is 5.92 Å². The fourth-order valence-corrected chi connectivity index (χ4v) is 1.79. The maximum absolute atomic E-state index is 12.0. The van der Waals surface area contributed by atoms with Gasteiger partial charge in [0.25, 0.3) is 5.91 Å². The van der Waals surface area contributed by atoms with E-state index in [4.69, 9.17) is 5.11 Å². The molecule has 6 heteroatoms. The Morgan fingerprint density at radius 1 is 1.14 bits per heavy atom. The summed E-state index contributed by atoms with van der Waals surface area (Å²) in [7, 11) is 0. The Kier molecular flexibility index (Phi) is 6.10. The molecule has 2 atom stereocenters. The van der Waals surface area contributed by atoms with Crippen LogP contribution in [0.25, 0.3) is 0 Å². The molecule has 0 aliphatic carbocycles. The average Bonchev–Trinajstić information content (AvgIpc) is 2.46. The number of carbonyl (C=O) groups excluding carboxylic acids is 2. The molecule has 120 valence electrons. The minimum atomic E-state index is -0.980. The summed E-state index contributed by atoms with van der Waals surface area (Å²) in [5.41, 5.74) is 2.58. The van der Waals surface area contributed by atoms with Crippen molar-refractivity contribution >= 4 is 17.8 Å². The maximum Gasteiger partial charge on any atom is 0.308 e. The largest absolute Gasteiger partial charge is 0.481 e. The number of carbonyl (C=O) groups is 3. The van der Waals surface area contributed by atoms with E-state index in [1.54, 1.807) is 19.1 Å². The van der Waals surface area contributed by atoms with Crippen molar-refractivity contribution in [3.63, 3.8) is 0 Å². The van der Waals surface area contributed by atoms with Gasteiger partial charge < -0.3 is 15.7 Å². The molecule has 0 heterocycles. The fraction of sp³-hybridized carbons (Fsp3) is 0.438. The second kappa shape index (κ2) is 7.59. The summed E-state index contributed by atoms with van der Waals surface area (Å²) in [5, 5.41) is 13.9. The van der Waals surface area contributed by atoms with Gasteiger partial charge in [0.1, 0.15) is 0 Å². The second-order valence-corrected chi connectivity index (χ2v) is 5.46. The molecule has 1 aromatic rings. The van der Waals surface area contributed by atoms with E-state index in [-0.39, 0.29) is 12.5 Å². The highest BCUT2D eigenvalue weighted by Gasteiger charge is 2.21. The quantitative estimate of drug-likeness (QED) is 0.737. The van der Waals surface area contributed by atoms with Crippen LogP contribution in [0.2, 0.25) is 0 Å². The van der Waals surface area contributed by atoms with Gasteiger partial charge >= 0.3 is 5.97 Å². The number of hydrogen-bond acceptors (Lipinski definition) is 3. The van der Waals surface area contributed by atoms with Gasteiger partial charge in [0.2, 0.25) is 5.91 Å². The molecular weight excluding hydrogens is 284 g/mol. The zero-order chi connectivity index (χ0) is 16.9. The van der Waals surface area contributed by atoms with Crippen LogP contribution in [-0.4, -0.2) is 35.5 Å². The van der Waals surface area contributed by atoms with Gasteiger partial charge in [0.05, 0.1) is 12.5 Å². The predicted octanol–water partition coefficient (Wildman–Crippen LogP) is 1.26. The van der Waals surface area contributed by atoms with Gasteiger partial charge in [-0.05, 0) is 51.0 Å². The third-order valence-electron chi connectivity index (χ3n) is 3.71. The first-order valence-electron chi connectivity index (χ1n) is 7.10. The summed E-state index contributed by atoms with van der Waals surface area (Å²) in [4.78, 5) is 34.5. The van der Waals surface area contributed by atoms with E-state index in [0.29, 0.717) is 5.56 Å². The van der Waals surface area contributed by atoms with Gasteiger partial charge in [0.15, 0.2) is 0 Å². The summed E-state index contributed by atoms with van der Waals surface area (Å²) >= 11 is 0. The van der Waals surface area contributed by atoms with Crippen molar-refractivity contribution in [3.05, 3.63) is 34.9 Å². The van der Waals surface area contributed by atoms with E-state index in [0.717, 1.165) is 11.1 Å². The summed E-state index contributed by atoms with van der Waals surface area (Å²) in [6.45, 7) is 6.80. The third-order valence-corrected chi connectivity index (χ3v) is 3.71. The highest BCUT2D eigenvalue weighted by Crippen LogP contribution is 2.09. The maximum atomic E-state index is 12.0. The normalized spacial score (nSPS) is 13.1. The average molecular weight is 306 g/mol. The van der Waals surface area contributed by atoms with Crippen LogP contribution in [0.1, 0.15) is 35.3 Å². The van der Waals surface area contributed by atoms with Crippen LogP contribution in [0, 0.1) is 19.8 Å². The minimum absolute atomic E-state index is 0.192. The molecule has 6 nitrogen and oxygen atoms in total. The Bertz CT molecular complexity index is 584. The molecule has 0 fully saturated rings. The lowest BCUT2D eigenvalue weighted by Crippen LogP contribution is -2.44. The summed E-state index contributed by atoms with van der Waals surface area (Å²) in [6, 6.07) is 4.80. The Morgan fingerprint density at radius 2 is 1.77 bits per heavy atom. The number of benzene rings is 1. The molecule has 0 saturated carbocycles. The molecule has 0 aliphatic heterocycles. The molecule has 0 spiro atoms. The van der Waals surface area contributed by atoms with Crippen molar-refractivity contribution in [2.45, 2.75) is 33.7 Å². The minimum Gasteiger partial charge on any atom is -0.481 e. The first kappa shape index (κ1) is 17.7. The molecule has 0 saturated heterocycles. The predicted molar refractivity (Wildman–Crippen MR) is 82.7 cm³/mol. The summed E-state index contributed by atoms with van der Waals surface area (Å²) in [5.74, 6) is -2.43. The van der Waals surface area contributed by atoms with Gasteiger partial charge in [-0.15, -0.1) is 0 Å². The highest BCUT2D eigenvalue weighted by atomic mass is 16.4. The van der Waals surface area contributed by atoms with Crippen LogP contribution in [0.5, 0.6) is 0 Å². The number of nitrogens with one attached hydrogen (secondary N) is 2. The molecule has 0 aliphatic rings. The highest BCUT2D eigenvalue weighted by molar-refractivity contribution is 5.96. The smallest absolute Gasteiger partial charge is 0.308 e. The van der Waals surface area contributed by atoms with Gasteiger partial charge in [-0.1, -0.05) is 6.07 Å². The lowest BCUT2D eigenvalue weighted by atomic mass is 10.0. The van der Waals surface area contributed by atoms with E-state index in [1.165, 1.54) is 6.92 Å².